The van der Waals surface area contributed by atoms with Crippen molar-refractivity contribution in [2.45, 2.75) is 12.8 Å². The summed E-state index contributed by atoms with van der Waals surface area (Å²) in [5, 5.41) is 6.77. The second kappa shape index (κ2) is 5.70. The van der Waals surface area contributed by atoms with Gasteiger partial charge in [-0.3, -0.25) is 0 Å². The molecule has 0 aliphatic carbocycles. The van der Waals surface area contributed by atoms with Crippen LogP contribution in [0.5, 0.6) is 5.88 Å². The van der Waals surface area contributed by atoms with Gasteiger partial charge in [-0.1, -0.05) is 6.07 Å². The third kappa shape index (κ3) is 3.10. The number of ether oxygens (including phenoxy) is 1. The summed E-state index contributed by atoms with van der Waals surface area (Å²) in [6, 6.07) is 5.78. The number of piperidine rings is 1. The molecule has 0 radical (unpaired) electrons. The van der Waals surface area contributed by atoms with E-state index in [1.54, 1.807) is 7.11 Å². The van der Waals surface area contributed by atoms with Crippen molar-refractivity contribution in [1.29, 1.82) is 0 Å². The number of hydrogen-bond donors (Lipinski definition) is 2. The average Bonchev–Trinajstić information content (AvgIpc) is 2.38. The predicted octanol–water partition coefficient (Wildman–Crippen LogP) is 1.50. The van der Waals surface area contributed by atoms with E-state index in [0.717, 1.165) is 25.5 Å². The molecule has 1 aliphatic heterocycles. The zero-order valence-electron chi connectivity index (χ0n) is 9.70. The normalized spacial score (nSPS) is 20.4. The molecule has 0 bridgehead atoms. The Labute approximate surface area is 96.4 Å². The van der Waals surface area contributed by atoms with Crippen molar-refractivity contribution in [3.8, 4) is 5.88 Å². The van der Waals surface area contributed by atoms with E-state index in [-0.39, 0.29) is 0 Å². The Hall–Kier alpha value is -1.29. The Bertz CT molecular complexity index is 324. The Balaban J connectivity index is 1.83. The molecule has 0 saturated carbocycles. The SMILES string of the molecule is COc1cccc(NCC2CCCNC2)n1. The molecule has 16 heavy (non-hydrogen) atoms. The van der Waals surface area contributed by atoms with Gasteiger partial charge in [0.15, 0.2) is 0 Å². The molecule has 2 heterocycles. The summed E-state index contributed by atoms with van der Waals surface area (Å²) in [6.07, 6.45) is 2.57. The van der Waals surface area contributed by atoms with Crippen LogP contribution in [0.1, 0.15) is 12.8 Å². The zero-order valence-corrected chi connectivity index (χ0v) is 9.70. The summed E-state index contributed by atoms with van der Waals surface area (Å²) in [7, 11) is 1.64. The number of anilines is 1. The molecule has 4 heteroatoms. The molecule has 88 valence electrons. The fourth-order valence-corrected chi connectivity index (χ4v) is 1.97. The van der Waals surface area contributed by atoms with Crippen molar-refractivity contribution in [3.63, 3.8) is 0 Å². The van der Waals surface area contributed by atoms with Gasteiger partial charge in [0.25, 0.3) is 0 Å². The molecule has 1 aliphatic rings. The molecule has 1 aromatic heterocycles. The van der Waals surface area contributed by atoms with Crippen LogP contribution in [-0.4, -0.2) is 31.7 Å². The van der Waals surface area contributed by atoms with Crippen molar-refractivity contribution >= 4 is 5.82 Å². The number of nitrogens with zero attached hydrogens (tertiary/aromatic N) is 1. The largest absolute Gasteiger partial charge is 0.481 e. The minimum Gasteiger partial charge on any atom is -0.481 e. The van der Waals surface area contributed by atoms with Crippen molar-refractivity contribution in [3.05, 3.63) is 18.2 Å². The summed E-state index contributed by atoms with van der Waals surface area (Å²) in [5.74, 6) is 2.26. The number of aromatic nitrogens is 1. The summed E-state index contributed by atoms with van der Waals surface area (Å²) < 4.78 is 5.08. The fourth-order valence-electron chi connectivity index (χ4n) is 1.97. The van der Waals surface area contributed by atoms with Crippen molar-refractivity contribution in [1.82, 2.24) is 10.3 Å². The van der Waals surface area contributed by atoms with Gasteiger partial charge in [0.1, 0.15) is 5.82 Å². The van der Waals surface area contributed by atoms with E-state index in [1.807, 2.05) is 18.2 Å². The van der Waals surface area contributed by atoms with Gasteiger partial charge in [-0.15, -0.1) is 0 Å². The Morgan fingerprint density at radius 1 is 1.56 bits per heavy atom. The number of nitrogens with one attached hydrogen (secondary N) is 2. The zero-order chi connectivity index (χ0) is 11.2. The number of methoxy groups -OCH3 is 1. The van der Waals surface area contributed by atoms with Gasteiger partial charge in [0.2, 0.25) is 5.88 Å². The van der Waals surface area contributed by atoms with Crippen LogP contribution < -0.4 is 15.4 Å². The highest BCUT2D eigenvalue weighted by atomic mass is 16.5. The first-order valence-corrected chi connectivity index (χ1v) is 5.84. The van der Waals surface area contributed by atoms with Crippen LogP contribution in [0.2, 0.25) is 0 Å². The smallest absolute Gasteiger partial charge is 0.214 e. The lowest BCUT2D eigenvalue weighted by Gasteiger charge is -2.23. The monoisotopic (exact) mass is 221 g/mol. The molecule has 1 atom stereocenters. The third-order valence-corrected chi connectivity index (χ3v) is 2.90. The van der Waals surface area contributed by atoms with E-state index in [9.17, 15) is 0 Å². The van der Waals surface area contributed by atoms with Crippen molar-refractivity contribution < 1.29 is 4.74 Å². The summed E-state index contributed by atoms with van der Waals surface area (Å²) in [6.45, 7) is 3.25. The summed E-state index contributed by atoms with van der Waals surface area (Å²) in [5.41, 5.74) is 0. The molecule has 1 fully saturated rings. The average molecular weight is 221 g/mol. The van der Waals surface area contributed by atoms with Crippen molar-refractivity contribution in [2.75, 3.05) is 32.1 Å². The molecule has 2 N–H and O–H groups in total. The van der Waals surface area contributed by atoms with E-state index >= 15 is 0 Å². The minimum absolute atomic E-state index is 0.659. The van der Waals surface area contributed by atoms with Gasteiger partial charge >= 0.3 is 0 Å². The first-order chi connectivity index (χ1) is 7.88. The second-order valence-electron chi connectivity index (χ2n) is 4.16. The highest BCUT2D eigenvalue weighted by molar-refractivity contribution is 5.37. The fraction of sp³-hybridized carbons (Fsp3) is 0.583. The van der Waals surface area contributed by atoms with Gasteiger partial charge in [0.05, 0.1) is 7.11 Å². The maximum Gasteiger partial charge on any atom is 0.214 e. The van der Waals surface area contributed by atoms with Gasteiger partial charge in [-0.2, -0.15) is 4.98 Å². The molecular weight excluding hydrogens is 202 g/mol. The lowest BCUT2D eigenvalue weighted by molar-refractivity contribution is 0.390. The van der Waals surface area contributed by atoms with Crippen LogP contribution >= 0.6 is 0 Å². The van der Waals surface area contributed by atoms with Crippen LogP contribution in [0.15, 0.2) is 18.2 Å². The first-order valence-electron chi connectivity index (χ1n) is 5.84. The molecular formula is C12H19N3O. The summed E-state index contributed by atoms with van der Waals surface area (Å²) >= 11 is 0. The molecule has 1 unspecified atom stereocenters. The van der Waals surface area contributed by atoms with E-state index in [2.05, 4.69) is 15.6 Å². The Morgan fingerprint density at radius 2 is 2.50 bits per heavy atom. The standard InChI is InChI=1S/C12H19N3O/c1-16-12-6-2-5-11(15-12)14-9-10-4-3-7-13-8-10/h2,5-6,10,13H,3-4,7-9H2,1H3,(H,14,15). The molecule has 1 aromatic rings. The first kappa shape index (κ1) is 11.2. The summed E-state index contributed by atoms with van der Waals surface area (Å²) in [4.78, 5) is 4.32. The van der Waals surface area contributed by atoms with E-state index in [0.29, 0.717) is 11.8 Å². The van der Waals surface area contributed by atoms with Crippen LogP contribution in [0, 0.1) is 5.92 Å². The van der Waals surface area contributed by atoms with Gasteiger partial charge in [-0.25, -0.2) is 0 Å². The maximum absolute atomic E-state index is 5.08. The van der Waals surface area contributed by atoms with Crippen LogP contribution in [0.4, 0.5) is 5.82 Å². The third-order valence-electron chi connectivity index (χ3n) is 2.90. The van der Waals surface area contributed by atoms with Gasteiger partial charge in [0, 0.05) is 12.6 Å². The lowest BCUT2D eigenvalue weighted by atomic mass is 10.00. The molecule has 0 aromatic carbocycles. The molecule has 1 saturated heterocycles. The number of pyridine rings is 1. The van der Waals surface area contributed by atoms with Crippen LogP contribution in [0.3, 0.4) is 0 Å². The van der Waals surface area contributed by atoms with Crippen LogP contribution in [-0.2, 0) is 0 Å². The minimum atomic E-state index is 0.659. The Morgan fingerprint density at radius 3 is 3.25 bits per heavy atom. The van der Waals surface area contributed by atoms with E-state index in [1.165, 1.54) is 12.8 Å². The van der Waals surface area contributed by atoms with E-state index in [4.69, 9.17) is 4.74 Å². The highest BCUT2D eigenvalue weighted by Gasteiger charge is 2.12. The second-order valence-corrected chi connectivity index (χ2v) is 4.16. The number of rotatable bonds is 4. The lowest BCUT2D eigenvalue weighted by Crippen LogP contribution is -2.33. The van der Waals surface area contributed by atoms with E-state index < -0.39 is 0 Å². The molecule has 0 spiro atoms. The maximum atomic E-state index is 5.08. The predicted molar refractivity (Wildman–Crippen MR) is 64.9 cm³/mol. The van der Waals surface area contributed by atoms with Gasteiger partial charge in [-0.05, 0) is 37.9 Å². The highest BCUT2D eigenvalue weighted by Crippen LogP contribution is 2.13. The Kier molecular flexibility index (Phi) is 3.99. The molecule has 0 amide bonds. The van der Waals surface area contributed by atoms with Gasteiger partial charge < -0.3 is 15.4 Å². The quantitative estimate of drug-likeness (QED) is 0.809. The number of hydrogen-bond acceptors (Lipinski definition) is 4. The molecule has 4 nitrogen and oxygen atoms in total. The molecule has 2 rings (SSSR count). The van der Waals surface area contributed by atoms with Crippen LogP contribution in [0.25, 0.3) is 0 Å². The van der Waals surface area contributed by atoms with Crippen molar-refractivity contribution in [2.24, 2.45) is 5.92 Å². The topological polar surface area (TPSA) is 46.2 Å².